The first-order valence-electron chi connectivity index (χ1n) is 8.55. The Morgan fingerprint density at radius 1 is 1.10 bits per heavy atom. The Morgan fingerprint density at radius 2 is 1.75 bits per heavy atom. The van der Waals surface area contributed by atoms with Gasteiger partial charge in [-0.2, -0.15) is 0 Å². The van der Waals surface area contributed by atoms with Crippen molar-refractivity contribution >= 4 is 5.96 Å². The molecule has 0 amide bonds. The van der Waals surface area contributed by atoms with Crippen molar-refractivity contribution in [1.82, 2.24) is 10.2 Å². The summed E-state index contributed by atoms with van der Waals surface area (Å²) in [7, 11) is 0. The van der Waals surface area contributed by atoms with Crippen molar-refractivity contribution in [2.24, 2.45) is 10.7 Å². The summed E-state index contributed by atoms with van der Waals surface area (Å²) in [6.07, 6.45) is 10.2. The van der Waals surface area contributed by atoms with Crippen LogP contribution in [0.15, 0.2) is 4.99 Å². The summed E-state index contributed by atoms with van der Waals surface area (Å²) < 4.78 is 0. The minimum atomic E-state index is 0.553. The summed E-state index contributed by atoms with van der Waals surface area (Å²) in [5.74, 6) is 0.653. The molecule has 3 N–H and O–H groups in total. The third kappa shape index (κ3) is 7.73. The van der Waals surface area contributed by atoms with Crippen molar-refractivity contribution in [3.63, 3.8) is 0 Å². The minimum Gasteiger partial charge on any atom is -0.370 e. The normalized spacial score (nSPS) is 18.2. The van der Waals surface area contributed by atoms with Crippen molar-refractivity contribution in [2.75, 3.05) is 26.2 Å². The molecule has 0 aliphatic heterocycles. The highest BCUT2D eigenvalue weighted by Crippen LogP contribution is 2.16. The zero-order valence-corrected chi connectivity index (χ0v) is 13.5. The molecule has 0 bridgehead atoms. The molecule has 4 nitrogen and oxygen atoms in total. The van der Waals surface area contributed by atoms with E-state index in [1.54, 1.807) is 0 Å². The van der Waals surface area contributed by atoms with Gasteiger partial charge in [-0.15, -0.1) is 0 Å². The van der Waals surface area contributed by atoms with E-state index < -0.39 is 0 Å². The number of nitrogens with two attached hydrogens (primary N) is 1. The standard InChI is InChI=1S/C16H34N4/c1-3-20(4-2)14-10-9-13-18-16(17)19-15-11-7-5-6-8-12-15/h15H,3-14H2,1-2H3,(H3,17,18,19). The molecule has 4 heteroatoms. The first kappa shape index (κ1) is 17.3. The molecule has 1 fully saturated rings. The van der Waals surface area contributed by atoms with Gasteiger partial charge in [0.15, 0.2) is 5.96 Å². The van der Waals surface area contributed by atoms with Gasteiger partial charge in [0.05, 0.1) is 0 Å². The first-order valence-corrected chi connectivity index (χ1v) is 8.55. The molecule has 0 atom stereocenters. The van der Waals surface area contributed by atoms with Crippen LogP contribution in [0.1, 0.15) is 65.2 Å². The second-order valence-corrected chi connectivity index (χ2v) is 5.83. The van der Waals surface area contributed by atoms with Crippen LogP contribution in [0.4, 0.5) is 0 Å². The molecule has 118 valence electrons. The maximum atomic E-state index is 5.98. The first-order chi connectivity index (χ1) is 9.76. The van der Waals surface area contributed by atoms with E-state index in [1.165, 1.54) is 51.5 Å². The van der Waals surface area contributed by atoms with Gasteiger partial charge in [0.1, 0.15) is 0 Å². The fourth-order valence-corrected chi connectivity index (χ4v) is 2.87. The number of guanidine groups is 1. The fourth-order valence-electron chi connectivity index (χ4n) is 2.87. The second-order valence-electron chi connectivity index (χ2n) is 5.83. The lowest BCUT2D eigenvalue weighted by molar-refractivity contribution is 0.297. The molecule has 0 aromatic rings. The molecule has 0 spiro atoms. The van der Waals surface area contributed by atoms with Crippen LogP contribution in [0.2, 0.25) is 0 Å². The van der Waals surface area contributed by atoms with Crippen LogP contribution in [0.3, 0.4) is 0 Å². The van der Waals surface area contributed by atoms with E-state index in [2.05, 4.69) is 29.1 Å². The van der Waals surface area contributed by atoms with Crippen LogP contribution in [-0.4, -0.2) is 43.1 Å². The lowest BCUT2D eigenvalue weighted by atomic mass is 10.1. The summed E-state index contributed by atoms with van der Waals surface area (Å²) in [6, 6.07) is 0.553. The quantitative estimate of drug-likeness (QED) is 0.311. The van der Waals surface area contributed by atoms with E-state index in [1.807, 2.05) is 0 Å². The topological polar surface area (TPSA) is 53.6 Å². The molecule has 0 aromatic carbocycles. The molecule has 20 heavy (non-hydrogen) atoms. The summed E-state index contributed by atoms with van der Waals surface area (Å²) >= 11 is 0. The maximum absolute atomic E-state index is 5.98. The lowest BCUT2D eigenvalue weighted by Crippen LogP contribution is -2.39. The van der Waals surface area contributed by atoms with Crippen LogP contribution in [-0.2, 0) is 0 Å². The Bertz CT molecular complexity index is 253. The number of hydrogen-bond donors (Lipinski definition) is 2. The molecule has 1 saturated carbocycles. The van der Waals surface area contributed by atoms with Gasteiger partial charge < -0.3 is 16.0 Å². The van der Waals surface area contributed by atoms with E-state index in [0.29, 0.717) is 12.0 Å². The third-order valence-electron chi connectivity index (χ3n) is 4.27. The van der Waals surface area contributed by atoms with Crippen LogP contribution >= 0.6 is 0 Å². The Hall–Kier alpha value is -0.770. The molecule has 1 rings (SSSR count). The zero-order valence-electron chi connectivity index (χ0n) is 13.5. The molecule has 0 aromatic heterocycles. The largest absolute Gasteiger partial charge is 0.370 e. The van der Waals surface area contributed by atoms with Gasteiger partial charge >= 0.3 is 0 Å². The highest BCUT2D eigenvalue weighted by molar-refractivity contribution is 5.78. The van der Waals surface area contributed by atoms with Gasteiger partial charge in [-0.05, 0) is 45.3 Å². The second kappa shape index (κ2) is 11.0. The van der Waals surface area contributed by atoms with Crippen molar-refractivity contribution in [3.05, 3.63) is 0 Å². The number of nitrogens with zero attached hydrogens (tertiary/aromatic N) is 2. The Balaban J connectivity index is 2.11. The summed E-state index contributed by atoms with van der Waals surface area (Å²) in [5, 5.41) is 3.40. The average Bonchev–Trinajstić information content (AvgIpc) is 2.71. The number of hydrogen-bond acceptors (Lipinski definition) is 2. The summed E-state index contributed by atoms with van der Waals surface area (Å²) in [5.41, 5.74) is 5.98. The predicted molar refractivity (Wildman–Crippen MR) is 88.1 cm³/mol. The van der Waals surface area contributed by atoms with E-state index in [4.69, 9.17) is 5.73 Å². The number of unbranched alkanes of at least 4 members (excludes halogenated alkanes) is 1. The van der Waals surface area contributed by atoms with Gasteiger partial charge in [0, 0.05) is 12.6 Å². The molecule has 0 saturated heterocycles. The van der Waals surface area contributed by atoms with Gasteiger partial charge in [-0.1, -0.05) is 39.5 Å². The Morgan fingerprint density at radius 3 is 2.35 bits per heavy atom. The van der Waals surface area contributed by atoms with Crippen molar-refractivity contribution in [1.29, 1.82) is 0 Å². The van der Waals surface area contributed by atoms with Crippen molar-refractivity contribution in [2.45, 2.75) is 71.3 Å². The van der Waals surface area contributed by atoms with Crippen molar-refractivity contribution in [3.8, 4) is 0 Å². The highest BCUT2D eigenvalue weighted by atomic mass is 15.1. The fraction of sp³-hybridized carbons (Fsp3) is 0.938. The molecule has 0 heterocycles. The van der Waals surface area contributed by atoms with Crippen LogP contribution in [0, 0.1) is 0 Å². The number of nitrogens with one attached hydrogen (secondary N) is 1. The lowest BCUT2D eigenvalue weighted by Gasteiger charge is -2.18. The predicted octanol–water partition coefficient (Wildman–Crippen LogP) is 2.74. The van der Waals surface area contributed by atoms with E-state index >= 15 is 0 Å². The van der Waals surface area contributed by atoms with Crippen molar-refractivity contribution < 1.29 is 0 Å². The van der Waals surface area contributed by atoms with Gasteiger partial charge in [-0.3, -0.25) is 4.99 Å². The van der Waals surface area contributed by atoms with Gasteiger partial charge in [0.2, 0.25) is 0 Å². The minimum absolute atomic E-state index is 0.553. The Kier molecular flexibility index (Phi) is 9.46. The Labute approximate surface area is 125 Å². The van der Waals surface area contributed by atoms with Gasteiger partial charge in [0.25, 0.3) is 0 Å². The van der Waals surface area contributed by atoms with Gasteiger partial charge in [-0.25, -0.2) is 0 Å². The highest BCUT2D eigenvalue weighted by Gasteiger charge is 2.11. The maximum Gasteiger partial charge on any atom is 0.188 e. The summed E-state index contributed by atoms with van der Waals surface area (Å²) in [6.45, 7) is 8.76. The van der Waals surface area contributed by atoms with Crippen LogP contribution in [0.25, 0.3) is 0 Å². The molecule has 1 aliphatic rings. The molecular weight excluding hydrogens is 248 g/mol. The summed E-state index contributed by atoms with van der Waals surface area (Å²) in [4.78, 5) is 6.92. The molecule has 1 aliphatic carbocycles. The number of aliphatic imine (C=N–C) groups is 1. The zero-order chi connectivity index (χ0) is 14.6. The smallest absolute Gasteiger partial charge is 0.188 e. The number of rotatable bonds is 8. The van der Waals surface area contributed by atoms with E-state index in [-0.39, 0.29) is 0 Å². The molecule has 0 radical (unpaired) electrons. The van der Waals surface area contributed by atoms with Crippen LogP contribution in [0.5, 0.6) is 0 Å². The molecule has 0 unspecified atom stereocenters. The average molecular weight is 282 g/mol. The van der Waals surface area contributed by atoms with E-state index in [9.17, 15) is 0 Å². The molecular formula is C16H34N4. The SMILES string of the molecule is CCN(CC)CCCCN=C(N)NC1CCCCCC1. The monoisotopic (exact) mass is 282 g/mol. The van der Waals surface area contributed by atoms with Crippen LogP contribution < -0.4 is 11.1 Å². The van der Waals surface area contributed by atoms with E-state index in [0.717, 1.165) is 26.1 Å². The third-order valence-corrected chi connectivity index (χ3v) is 4.27.